The van der Waals surface area contributed by atoms with Gasteiger partial charge in [0.05, 0.1) is 4.90 Å². The summed E-state index contributed by atoms with van der Waals surface area (Å²) in [6.45, 7) is 0. The van der Waals surface area contributed by atoms with E-state index < -0.39 is 0 Å². The van der Waals surface area contributed by atoms with Crippen LogP contribution in [0.3, 0.4) is 0 Å². The molecule has 0 unspecified atom stereocenters. The van der Waals surface area contributed by atoms with E-state index in [9.17, 15) is 15.0 Å². The van der Waals surface area contributed by atoms with Crippen LogP contribution in [0.15, 0.2) is 53.4 Å². The summed E-state index contributed by atoms with van der Waals surface area (Å²) in [7, 11) is 0. The minimum absolute atomic E-state index is 0.0166. The molecule has 0 radical (unpaired) electrons. The minimum Gasteiger partial charge on any atom is -0.508 e. The Morgan fingerprint density at radius 1 is 1.00 bits per heavy atom. The number of aromatic hydroxyl groups is 2. The first-order valence-electron chi connectivity index (χ1n) is 4.96. The summed E-state index contributed by atoms with van der Waals surface area (Å²) < 4.78 is 0. The van der Waals surface area contributed by atoms with Gasteiger partial charge in [-0.15, -0.1) is 0 Å². The van der Waals surface area contributed by atoms with Crippen molar-refractivity contribution in [2.24, 2.45) is 0 Å². The predicted octanol–water partition coefficient (Wildman–Crippen LogP) is 3.03. The van der Waals surface area contributed by atoms with Crippen LogP contribution in [-0.4, -0.2) is 15.3 Å². The summed E-state index contributed by atoms with van der Waals surface area (Å²) >= 11 is 0.889. The zero-order valence-electron chi connectivity index (χ0n) is 8.83. The van der Waals surface area contributed by atoms with Crippen LogP contribution in [-0.2, 0) is 0 Å². The largest absolute Gasteiger partial charge is 0.508 e. The number of hydrogen-bond donors (Lipinski definition) is 2. The molecule has 0 heterocycles. The Bertz CT molecular complexity index is 538. The molecular weight excluding hydrogens is 236 g/mol. The number of rotatable bonds is 2. The van der Waals surface area contributed by atoms with Gasteiger partial charge in [-0.2, -0.15) is 0 Å². The molecule has 2 rings (SSSR count). The van der Waals surface area contributed by atoms with E-state index in [1.165, 1.54) is 18.2 Å². The molecule has 0 aromatic heterocycles. The van der Waals surface area contributed by atoms with Crippen LogP contribution >= 0.6 is 11.8 Å². The average Bonchev–Trinajstić information content (AvgIpc) is 2.35. The highest BCUT2D eigenvalue weighted by Crippen LogP contribution is 2.33. The molecule has 0 fully saturated rings. The molecule has 0 saturated carbocycles. The highest BCUT2D eigenvalue weighted by molar-refractivity contribution is 8.14. The zero-order chi connectivity index (χ0) is 12.3. The summed E-state index contributed by atoms with van der Waals surface area (Å²) in [6.07, 6.45) is 0. The standard InChI is InChI=1S/C13H10O3S/c14-10-6-7-11(15)12(8-10)17-13(16)9-4-2-1-3-5-9/h1-8,14-15H. The highest BCUT2D eigenvalue weighted by atomic mass is 32.2. The molecule has 4 heteroatoms. The Kier molecular flexibility index (Phi) is 3.35. The second-order valence-electron chi connectivity index (χ2n) is 3.41. The fourth-order valence-electron chi connectivity index (χ4n) is 1.32. The topological polar surface area (TPSA) is 57.5 Å². The normalized spacial score (nSPS) is 10.1. The van der Waals surface area contributed by atoms with Crippen LogP contribution in [0.2, 0.25) is 0 Å². The summed E-state index contributed by atoms with van der Waals surface area (Å²) in [5, 5.41) is 18.7. The predicted molar refractivity (Wildman–Crippen MR) is 66.4 cm³/mol. The quantitative estimate of drug-likeness (QED) is 0.631. The molecular formula is C13H10O3S. The summed E-state index contributed by atoms with van der Waals surface area (Å²) in [4.78, 5) is 12.2. The minimum atomic E-state index is -0.175. The van der Waals surface area contributed by atoms with Crippen LogP contribution in [0.1, 0.15) is 10.4 Å². The first kappa shape index (κ1) is 11.5. The molecule has 0 amide bonds. The molecule has 0 atom stereocenters. The third-order valence-electron chi connectivity index (χ3n) is 2.16. The van der Waals surface area contributed by atoms with Gasteiger partial charge >= 0.3 is 0 Å². The lowest BCUT2D eigenvalue weighted by Gasteiger charge is -2.04. The third kappa shape index (κ3) is 2.79. The number of phenols is 2. The van der Waals surface area contributed by atoms with Gasteiger partial charge in [0.15, 0.2) is 0 Å². The number of hydrogen-bond acceptors (Lipinski definition) is 4. The maximum absolute atomic E-state index is 11.8. The smallest absolute Gasteiger partial charge is 0.224 e. The van der Waals surface area contributed by atoms with E-state index in [2.05, 4.69) is 0 Å². The molecule has 0 aliphatic rings. The second kappa shape index (κ2) is 4.93. The van der Waals surface area contributed by atoms with Crippen molar-refractivity contribution in [1.82, 2.24) is 0 Å². The number of thioether (sulfide) groups is 1. The molecule has 0 aliphatic carbocycles. The molecule has 2 N–H and O–H groups in total. The first-order chi connectivity index (χ1) is 8.16. The molecule has 3 nitrogen and oxygen atoms in total. The number of phenolic OH excluding ortho intramolecular Hbond substituents is 2. The third-order valence-corrected chi connectivity index (χ3v) is 3.12. The Labute approximate surface area is 103 Å². The van der Waals surface area contributed by atoms with E-state index in [0.717, 1.165) is 11.8 Å². The van der Waals surface area contributed by atoms with Gasteiger partial charge in [-0.05, 0) is 30.0 Å². The van der Waals surface area contributed by atoms with Crippen molar-refractivity contribution in [3.63, 3.8) is 0 Å². The molecule has 0 bridgehead atoms. The van der Waals surface area contributed by atoms with Crippen LogP contribution in [0.4, 0.5) is 0 Å². The Morgan fingerprint density at radius 3 is 2.41 bits per heavy atom. The monoisotopic (exact) mass is 246 g/mol. The van der Waals surface area contributed by atoms with E-state index in [1.807, 2.05) is 6.07 Å². The number of carbonyl (C=O) groups excluding carboxylic acids is 1. The maximum Gasteiger partial charge on any atom is 0.224 e. The van der Waals surface area contributed by atoms with Crippen molar-refractivity contribution in [2.45, 2.75) is 4.90 Å². The van der Waals surface area contributed by atoms with Gasteiger partial charge in [0.2, 0.25) is 5.12 Å². The van der Waals surface area contributed by atoms with Gasteiger partial charge in [-0.25, -0.2) is 0 Å². The molecule has 0 spiro atoms. The number of carbonyl (C=O) groups is 1. The Hall–Kier alpha value is -1.94. The van der Waals surface area contributed by atoms with E-state index in [1.54, 1.807) is 24.3 Å². The maximum atomic E-state index is 11.8. The van der Waals surface area contributed by atoms with E-state index in [4.69, 9.17) is 0 Å². The van der Waals surface area contributed by atoms with Crippen molar-refractivity contribution < 1.29 is 15.0 Å². The van der Waals surface area contributed by atoms with Crippen molar-refractivity contribution in [3.05, 3.63) is 54.1 Å². The van der Waals surface area contributed by atoms with Gasteiger partial charge in [-0.1, -0.05) is 30.3 Å². The lowest BCUT2D eigenvalue weighted by molar-refractivity contribution is 0.108. The molecule has 2 aromatic carbocycles. The van der Waals surface area contributed by atoms with Gasteiger partial charge in [0.25, 0.3) is 0 Å². The van der Waals surface area contributed by atoms with E-state index in [-0.39, 0.29) is 16.6 Å². The van der Waals surface area contributed by atoms with Gasteiger partial charge in [0.1, 0.15) is 11.5 Å². The van der Waals surface area contributed by atoms with Crippen molar-refractivity contribution in [3.8, 4) is 11.5 Å². The van der Waals surface area contributed by atoms with Gasteiger partial charge < -0.3 is 10.2 Å². The van der Waals surface area contributed by atoms with Crippen LogP contribution in [0.5, 0.6) is 11.5 Å². The second-order valence-corrected chi connectivity index (χ2v) is 4.42. The summed E-state index contributed by atoms with van der Waals surface area (Å²) in [6, 6.07) is 12.9. The number of benzene rings is 2. The van der Waals surface area contributed by atoms with Crippen molar-refractivity contribution in [2.75, 3.05) is 0 Å². The summed E-state index contributed by atoms with van der Waals surface area (Å²) in [5.74, 6) is 0.00300. The van der Waals surface area contributed by atoms with Crippen LogP contribution in [0.25, 0.3) is 0 Å². The van der Waals surface area contributed by atoms with Gasteiger partial charge in [-0.3, -0.25) is 4.79 Å². The Morgan fingerprint density at radius 2 is 1.71 bits per heavy atom. The lowest BCUT2D eigenvalue weighted by atomic mass is 10.2. The zero-order valence-corrected chi connectivity index (χ0v) is 9.65. The fourth-order valence-corrected chi connectivity index (χ4v) is 2.12. The Balaban J connectivity index is 2.22. The molecule has 0 aliphatic heterocycles. The fraction of sp³-hybridized carbons (Fsp3) is 0. The molecule has 0 saturated heterocycles. The van der Waals surface area contributed by atoms with Crippen molar-refractivity contribution in [1.29, 1.82) is 0 Å². The van der Waals surface area contributed by atoms with E-state index in [0.29, 0.717) is 10.5 Å². The van der Waals surface area contributed by atoms with Crippen LogP contribution in [0, 0.1) is 0 Å². The van der Waals surface area contributed by atoms with E-state index >= 15 is 0 Å². The average molecular weight is 246 g/mol. The van der Waals surface area contributed by atoms with Crippen LogP contribution < -0.4 is 0 Å². The molecule has 17 heavy (non-hydrogen) atoms. The lowest BCUT2D eigenvalue weighted by Crippen LogP contribution is -1.92. The molecule has 2 aromatic rings. The molecule has 86 valence electrons. The summed E-state index contributed by atoms with van der Waals surface area (Å²) in [5.41, 5.74) is 0.556. The SMILES string of the molecule is O=C(Sc1cc(O)ccc1O)c1ccccc1. The highest BCUT2D eigenvalue weighted by Gasteiger charge is 2.11. The van der Waals surface area contributed by atoms with Crippen molar-refractivity contribution >= 4 is 16.9 Å². The first-order valence-corrected chi connectivity index (χ1v) is 5.77. The van der Waals surface area contributed by atoms with Gasteiger partial charge in [0, 0.05) is 5.56 Å².